The highest BCUT2D eigenvalue weighted by Crippen LogP contribution is 2.55. The average Bonchev–Trinajstić information content (AvgIpc) is 3.12. The van der Waals surface area contributed by atoms with Gasteiger partial charge in [-0.1, -0.05) is 0 Å². The number of nitrogens with zero attached hydrogens (tertiary/aromatic N) is 4. The molecular formula is C19H14F4N6O2. The molecule has 3 aromatic rings. The van der Waals surface area contributed by atoms with E-state index in [-0.39, 0.29) is 30.0 Å². The summed E-state index contributed by atoms with van der Waals surface area (Å²) in [6.07, 6.45) is -3.04. The molecule has 2 aromatic heterocycles. The Balaban J connectivity index is 1.38. The highest BCUT2D eigenvalue weighted by atomic mass is 19.4. The second-order valence-electron chi connectivity index (χ2n) is 7.66. The van der Waals surface area contributed by atoms with Crippen molar-refractivity contribution in [1.82, 2.24) is 25.1 Å². The Kier molecular flexibility index (Phi) is 4.04. The quantitative estimate of drug-likeness (QED) is 0.617. The Labute approximate surface area is 171 Å². The Morgan fingerprint density at radius 2 is 2.10 bits per heavy atom. The molecule has 2 aliphatic rings. The second-order valence-corrected chi connectivity index (χ2v) is 7.66. The molecule has 0 bridgehead atoms. The maximum Gasteiger partial charge on any atom is 0.416 e. The topological polar surface area (TPSA) is 104 Å². The standard InChI is InChI=1S/C19H14F4N6O2/c20-13-4-18(13)8-29(16(31)11-2-1-10(3-12(11)18)19(21,22)23)7-14(30)26-17-24-5-9-6-25-28-15(9)27-17/h1-3,5-6,13H,4,7-8H2,(H2,24,25,26,27,28,30)/t13-,18+/m1/s1. The van der Waals surface area contributed by atoms with E-state index in [0.29, 0.717) is 11.0 Å². The number of aromatic nitrogens is 4. The van der Waals surface area contributed by atoms with Gasteiger partial charge in [-0.05, 0) is 30.2 Å². The number of alkyl halides is 4. The van der Waals surface area contributed by atoms with Crippen LogP contribution in [0.2, 0.25) is 0 Å². The molecule has 0 unspecified atom stereocenters. The first-order chi connectivity index (χ1) is 14.7. The van der Waals surface area contributed by atoms with Gasteiger partial charge in [-0.3, -0.25) is 20.0 Å². The van der Waals surface area contributed by atoms with Crippen molar-refractivity contribution in [2.75, 3.05) is 18.4 Å². The fourth-order valence-corrected chi connectivity index (χ4v) is 3.95. The van der Waals surface area contributed by atoms with E-state index in [4.69, 9.17) is 0 Å². The van der Waals surface area contributed by atoms with Gasteiger partial charge < -0.3 is 4.90 Å². The lowest BCUT2D eigenvalue weighted by molar-refractivity contribution is -0.137. The molecule has 1 spiro atoms. The predicted molar refractivity (Wildman–Crippen MR) is 98.9 cm³/mol. The molecule has 1 aliphatic heterocycles. The molecule has 2 N–H and O–H groups in total. The smallest absolute Gasteiger partial charge is 0.328 e. The van der Waals surface area contributed by atoms with Gasteiger partial charge in [0.15, 0.2) is 5.65 Å². The van der Waals surface area contributed by atoms with Crippen molar-refractivity contribution >= 4 is 28.8 Å². The van der Waals surface area contributed by atoms with Gasteiger partial charge in [0.05, 0.1) is 17.1 Å². The molecule has 160 valence electrons. The van der Waals surface area contributed by atoms with Crippen molar-refractivity contribution in [3.05, 3.63) is 47.3 Å². The SMILES string of the molecule is O=C(CN1C[C@@]2(C[C@H]2F)c2cc(C(F)(F)F)ccc2C1=O)Nc1ncc2cn[nH]c2n1. The number of carbonyl (C=O) groups excluding carboxylic acids is 2. The van der Waals surface area contributed by atoms with Crippen LogP contribution in [0.15, 0.2) is 30.6 Å². The number of carbonyl (C=O) groups is 2. The molecule has 1 aromatic carbocycles. The van der Waals surface area contributed by atoms with Crippen molar-refractivity contribution in [2.45, 2.75) is 24.2 Å². The van der Waals surface area contributed by atoms with Gasteiger partial charge in [-0.25, -0.2) is 9.37 Å². The first-order valence-corrected chi connectivity index (χ1v) is 9.28. The van der Waals surface area contributed by atoms with Crippen LogP contribution in [0.5, 0.6) is 0 Å². The van der Waals surface area contributed by atoms with Gasteiger partial charge in [0.25, 0.3) is 5.91 Å². The lowest BCUT2D eigenvalue weighted by atomic mass is 9.85. The second kappa shape index (κ2) is 6.46. The normalized spacial score (nSPS) is 22.6. The maximum absolute atomic E-state index is 14.3. The summed E-state index contributed by atoms with van der Waals surface area (Å²) in [6.45, 7) is -0.604. The van der Waals surface area contributed by atoms with E-state index in [1.54, 1.807) is 0 Å². The van der Waals surface area contributed by atoms with E-state index >= 15 is 0 Å². The van der Waals surface area contributed by atoms with Gasteiger partial charge >= 0.3 is 6.18 Å². The van der Waals surface area contributed by atoms with E-state index in [9.17, 15) is 27.2 Å². The monoisotopic (exact) mass is 434 g/mol. The van der Waals surface area contributed by atoms with E-state index in [1.165, 1.54) is 12.4 Å². The molecule has 1 fully saturated rings. The minimum Gasteiger partial charge on any atom is -0.328 e. The molecule has 2 amide bonds. The summed E-state index contributed by atoms with van der Waals surface area (Å²) >= 11 is 0. The average molecular weight is 434 g/mol. The minimum atomic E-state index is -4.60. The summed E-state index contributed by atoms with van der Waals surface area (Å²) in [5.74, 6) is -1.26. The Bertz CT molecular complexity index is 1230. The third-order valence-electron chi connectivity index (χ3n) is 5.63. The molecule has 12 heteroatoms. The number of aromatic amines is 1. The summed E-state index contributed by atoms with van der Waals surface area (Å²) in [7, 11) is 0. The van der Waals surface area contributed by atoms with Crippen molar-refractivity contribution in [3.8, 4) is 0 Å². The van der Waals surface area contributed by atoms with E-state index in [1.807, 2.05) is 0 Å². The lowest BCUT2D eigenvalue weighted by Crippen LogP contribution is -2.47. The largest absolute Gasteiger partial charge is 0.416 e. The van der Waals surface area contributed by atoms with Gasteiger partial charge in [0.2, 0.25) is 11.9 Å². The first kappa shape index (κ1) is 19.4. The number of rotatable bonds is 3. The van der Waals surface area contributed by atoms with Gasteiger partial charge in [-0.2, -0.15) is 23.3 Å². The summed E-state index contributed by atoms with van der Waals surface area (Å²) in [4.78, 5) is 34.5. The van der Waals surface area contributed by atoms with Crippen molar-refractivity contribution in [1.29, 1.82) is 0 Å². The minimum absolute atomic E-state index is 0.00763. The lowest BCUT2D eigenvalue weighted by Gasteiger charge is -2.34. The Morgan fingerprint density at radius 3 is 2.81 bits per heavy atom. The number of hydrogen-bond acceptors (Lipinski definition) is 5. The Hall–Kier alpha value is -3.57. The molecule has 5 rings (SSSR count). The molecular weight excluding hydrogens is 420 g/mol. The van der Waals surface area contributed by atoms with Crippen molar-refractivity contribution in [2.24, 2.45) is 0 Å². The first-order valence-electron chi connectivity index (χ1n) is 9.28. The molecule has 8 nitrogen and oxygen atoms in total. The molecule has 1 aliphatic carbocycles. The summed E-state index contributed by atoms with van der Waals surface area (Å²) in [6, 6.07) is 2.68. The van der Waals surface area contributed by atoms with Crippen LogP contribution in [0.1, 0.15) is 27.9 Å². The molecule has 3 heterocycles. The van der Waals surface area contributed by atoms with Crippen LogP contribution in [0.25, 0.3) is 11.0 Å². The number of anilines is 1. The van der Waals surface area contributed by atoms with Crippen LogP contribution >= 0.6 is 0 Å². The maximum atomic E-state index is 14.3. The van der Waals surface area contributed by atoms with E-state index < -0.39 is 41.7 Å². The zero-order valence-corrected chi connectivity index (χ0v) is 15.7. The number of amides is 2. The Morgan fingerprint density at radius 1 is 1.32 bits per heavy atom. The highest BCUT2D eigenvalue weighted by molar-refractivity contribution is 6.01. The van der Waals surface area contributed by atoms with Crippen LogP contribution in [0.4, 0.5) is 23.5 Å². The van der Waals surface area contributed by atoms with Gasteiger partial charge in [0, 0.05) is 23.7 Å². The van der Waals surface area contributed by atoms with Crippen molar-refractivity contribution in [3.63, 3.8) is 0 Å². The third kappa shape index (κ3) is 3.18. The molecule has 31 heavy (non-hydrogen) atoms. The number of halogens is 4. The number of benzene rings is 1. The van der Waals surface area contributed by atoms with E-state index in [0.717, 1.165) is 23.1 Å². The third-order valence-corrected chi connectivity index (χ3v) is 5.63. The van der Waals surface area contributed by atoms with Crippen LogP contribution in [-0.2, 0) is 16.4 Å². The highest BCUT2D eigenvalue weighted by Gasteiger charge is 2.61. The molecule has 2 atom stereocenters. The number of nitrogens with one attached hydrogen (secondary N) is 2. The number of hydrogen-bond donors (Lipinski definition) is 2. The molecule has 0 radical (unpaired) electrons. The zero-order valence-electron chi connectivity index (χ0n) is 15.7. The summed E-state index contributed by atoms with van der Waals surface area (Å²) in [5.41, 5.74) is -1.73. The van der Waals surface area contributed by atoms with Crippen LogP contribution in [0.3, 0.4) is 0 Å². The zero-order chi connectivity index (χ0) is 22.0. The fourth-order valence-electron chi connectivity index (χ4n) is 3.95. The molecule has 1 saturated carbocycles. The summed E-state index contributed by atoms with van der Waals surface area (Å²) < 4.78 is 53.6. The predicted octanol–water partition coefficient (Wildman–Crippen LogP) is 2.45. The summed E-state index contributed by atoms with van der Waals surface area (Å²) in [5, 5.41) is 9.53. The van der Waals surface area contributed by atoms with E-state index in [2.05, 4.69) is 25.5 Å². The van der Waals surface area contributed by atoms with Crippen LogP contribution < -0.4 is 5.32 Å². The number of H-pyrrole nitrogens is 1. The number of fused-ring (bicyclic) bond motifs is 3. The van der Waals surface area contributed by atoms with Gasteiger partial charge in [-0.15, -0.1) is 0 Å². The molecule has 0 saturated heterocycles. The van der Waals surface area contributed by atoms with Crippen molar-refractivity contribution < 1.29 is 27.2 Å². The van der Waals surface area contributed by atoms with Crippen LogP contribution in [0, 0.1) is 0 Å². The fraction of sp³-hybridized carbons (Fsp3) is 0.316. The van der Waals surface area contributed by atoms with Crippen LogP contribution in [-0.4, -0.2) is 56.1 Å². The van der Waals surface area contributed by atoms with Gasteiger partial charge in [0.1, 0.15) is 12.7 Å².